The van der Waals surface area contributed by atoms with Gasteiger partial charge < -0.3 is 10.2 Å². The van der Waals surface area contributed by atoms with E-state index in [9.17, 15) is 9.59 Å². The number of rotatable bonds is 5. The van der Waals surface area contributed by atoms with E-state index in [1.807, 2.05) is 47.0 Å². The van der Waals surface area contributed by atoms with Gasteiger partial charge in [0.15, 0.2) is 0 Å². The molecule has 0 aliphatic carbocycles. The fraction of sp³-hybridized carbons (Fsp3) is 0.208. The molecule has 4 rings (SSSR count). The summed E-state index contributed by atoms with van der Waals surface area (Å²) in [5.41, 5.74) is 5.77. The minimum Gasteiger partial charge on any atom is -0.348 e. The van der Waals surface area contributed by atoms with Gasteiger partial charge in [0.25, 0.3) is 5.91 Å². The van der Waals surface area contributed by atoms with Crippen molar-refractivity contribution in [3.05, 3.63) is 91.9 Å². The fourth-order valence-corrected chi connectivity index (χ4v) is 4.42. The lowest BCUT2D eigenvalue weighted by molar-refractivity contribution is -0.126. The predicted molar refractivity (Wildman–Crippen MR) is 124 cm³/mol. The third kappa shape index (κ3) is 5.03. The van der Waals surface area contributed by atoms with Crippen molar-refractivity contribution in [3.63, 3.8) is 0 Å². The highest BCUT2D eigenvalue weighted by molar-refractivity contribution is 7.08. The van der Waals surface area contributed by atoms with Crippen LogP contribution in [0.15, 0.2) is 53.4 Å². The van der Waals surface area contributed by atoms with Crippen molar-refractivity contribution in [1.82, 2.24) is 15.2 Å². The van der Waals surface area contributed by atoms with E-state index in [2.05, 4.69) is 10.3 Å². The van der Waals surface area contributed by atoms with Crippen LogP contribution >= 0.6 is 22.9 Å². The van der Waals surface area contributed by atoms with Gasteiger partial charge in [0, 0.05) is 53.6 Å². The van der Waals surface area contributed by atoms with Crippen molar-refractivity contribution >= 4 is 40.8 Å². The highest BCUT2D eigenvalue weighted by atomic mass is 35.5. The topological polar surface area (TPSA) is 62.3 Å². The molecule has 7 heteroatoms. The van der Waals surface area contributed by atoms with Gasteiger partial charge in [-0.3, -0.25) is 14.6 Å². The van der Waals surface area contributed by atoms with Crippen LogP contribution in [0, 0.1) is 6.92 Å². The molecule has 2 aromatic heterocycles. The SMILES string of the molecule is Cc1ncc2c(c1CNC(=O)c1ccsc1)CCN(C(=O)/C=C/c1ccc(Cl)cc1)C2. The lowest BCUT2D eigenvalue weighted by Crippen LogP contribution is -2.36. The van der Waals surface area contributed by atoms with E-state index in [4.69, 9.17) is 11.6 Å². The summed E-state index contributed by atoms with van der Waals surface area (Å²) >= 11 is 7.41. The van der Waals surface area contributed by atoms with Gasteiger partial charge >= 0.3 is 0 Å². The first-order valence-corrected chi connectivity index (χ1v) is 11.3. The van der Waals surface area contributed by atoms with Crippen molar-refractivity contribution in [2.45, 2.75) is 26.4 Å². The number of pyridine rings is 1. The number of hydrogen-bond acceptors (Lipinski definition) is 4. The normalized spacial score (nSPS) is 13.3. The van der Waals surface area contributed by atoms with E-state index in [0.717, 1.165) is 28.8 Å². The van der Waals surface area contributed by atoms with Crippen molar-refractivity contribution in [2.24, 2.45) is 0 Å². The number of thiophene rings is 1. The fourth-order valence-electron chi connectivity index (χ4n) is 3.66. The van der Waals surface area contributed by atoms with Crippen LogP contribution in [0.25, 0.3) is 6.08 Å². The molecule has 158 valence electrons. The van der Waals surface area contributed by atoms with Crippen LogP contribution in [0.4, 0.5) is 0 Å². The number of fused-ring (bicyclic) bond motifs is 1. The molecule has 1 aromatic carbocycles. The molecule has 1 aliphatic rings. The molecule has 5 nitrogen and oxygen atoms in total. The van der Waals surface area contributed by atoms with Gasteiger partial charge in [0.05, 0.1) is 0 Å². The Hall–Kier alpha value is -2.96. The van der Waals surface area contributed by atoms with Gasteiger partial charge in [-0.25, -0.2) is 0 Å². The smallest absolute Gasteiger partial charge is 0.252 e. The second-order valence-corrected chi connectivity index (χ2v) is 8.63. The Bertz CT molecular complexity index is 1120. The number of halogens is 1. The summed E-state index contributed by atoms with van der Waals surface area (Å²) in [5.74, 6) is -0.119. The number of benzene rings is 1. The van der Waals surface area contributed by atoms with Crippen LogP contribution in [-0.2, 0) is 24.3 Å². The van der Waals surface area contributed by atoms with Gasteiger partial charge in [0.2, 0.25) is 5.91 Å². The van der Waals surface area contributed by atoms with Gasteiger partial charge in [0.1, 0.15) is 0 Å². The summed E-state index contributed by atoms with van der Waals surface area (Å²) in [6.45, 7) is 3.53. The zero-order valence-corrected chi connectivity index (χ0v) is 18.7. The number of carbonyl (C=O) groups excluding carboxylic acids is 2. The summed E-state index contributed by atoms with van der Waals surface area (Å²) in [5, 5.41) is 7.39. The Balaban J connectivity index is 1.44. The number of aryl methyl sites for hydroxylation is 1. The third-order valence-corrected chi connectivity index (χ3v) is 6.34. The molecule has 0 saturated carbocycles. The Morgan fingerprint density at radius 1 is 1.26 bits per heavy atom. The highest BCUT2D eigenvalue weighted by Crippen LogP contribution is 2.24. The predicted octanol–water partition coefficient (Wildman–Crippen LogP) is 4.63. The second-order valence-electron chi connectivity index (χ2n) is 7.42. The number of carbonyl (C=O) groups is 2. The van der Waals surface area contributed by atoms with Crippen molar-refractivity contribution in [3.8, 4) is 0 Å². The van der Waals surface area contributed by atoms with Gasteiger partial charge in [-0.05, 0) is 65.3 Å². The van der Waals surface area contributed by atoms with E-state index >= 15 is 0 Å². The van der Waals surface area contributed by atoms with Crippen LogP contribution in [0.5, 0.6) is 0 Å². The van der Waals surface area contributed by atoms with E-state index in [0.29, 0.717) is 30.2 Å². The number of hydrogen-bond donors (Lipinski definition) is 1. The molecular formula is C24H22ClN3O2S. The van der Waals surface area contributed by atoms with Gasteiger partial charge in [-0.15, -0.1) is 0 Å². The first-order chi connectivity index (χ1) is 15.0. The summed E-state index contributed by atoms with van der Waals surface area (Å²) in [7, 11) is 0. The third-order valence-electron chi connectivity index (χ3n) is 5.40. The molecule has 0 unspecified atom stereocenters. The molecule has 0 bridgehead atoms. The minimum absolute atomic E-state index is 0.0338. The van der Waals surface area contributed by atoms with Crippen molar-refractivity contribution in [2.75, 3.05) is 6.54 Å². The summed E-state index contributed by atoms with van der Waals surface area (Å²) in [4.78, 5) is 31.3. The molecule has 0 saturated heterocycles. The molecular weight excluding hydrogens is 430 g/mol. The largest absolute Gasteiger partial charge is 0.348 e. The monoisotopic (exact) mass is 451 g/mol. The average molecular weight is 452 g/mol. The number of nitrogens with one attached hydrogen (secondary N) is 1. The average Bonchev–Trinajstić information content (AvgIpc) is 3.32. The standard InChI is InChI=1S/C24H22ClN3O2S/c1-16-22(13-27-24(30)18-9-11-31-15-18)21-8-10-28(14-19(21)12-26-16)23(29)7-4-17-2-5-20(25)6-3-17/h2-7,9,11-12,15H,8,10,13-14H2,1H3,(H,27,30)/b7-4+. The number of nitrogens with zero attached hydrogens (tertiary/aromatic N) is 2. The molecule has 1 N–H and O–H groups in total. The van der Waals surface area contributed by atoms with Gasteiger partial charge in [-0.2, -0.15) is 11.3 Å². The maximum Gasteiger partial charge on any atom is 0.252 e. The molecule has 31 heavy (non-hydrogen) atoms. The van der Waals surface area contributed by atoms with Crippen molar-refractivity contribution < 1.29 is 9.59 Å². The Morgan fingerprint density at radius 3 is 2.81 bits per heavy atom. The zero-order valence-electron chi connectivity index (χ0n) is 17.1. The zero-order chi connectivity index (χ0) is 21.8. The van der Waals surface area contributed by atoms with Crippen molar-refractivity contribution in [1.29, 1.82) is 0 Å². The molecule has 2 amide bonds. The van der Waals surface area contributed by atoms with E-state index in [-0.39, 0.29) is 11.8 Å². The quantitative estimate of drug-likeness (QED) is 0.575. The maximum atomic E-state index is 12.7. The van der Waals surface area contributed by atoms with Crippen LogP contribution in [0.1, 0.15) is 38.3 Å². The highest BCUT2D eigenvalue weighted by Gasteiger charge is 2.23. The van der Waals surface area contributed by atoms with E-state index in [1.165, 1.54) is 16.9 Å². The molecule has 3 aromatic rings. The van der Waals surface area contributed by atoms with Gasteiger partial charge in [-0.1, -0.05) is 23.7 Å². The minimum atomic E-state index is -0.0850. The van der Waals surface area contributed by atoms with E-state index < -0.39 is 0 Å². The number of aromatic nitrogens is 1. The molecule has 3 heterocycles. The molecule has 0 spiro atoms. The Labute approximate surface area is 190 Å². The summed E-state index contributed by atoms with van der Waals surface area (Å²) in [6, 6.07) is 9.17. The maximum absolute atomic E-state index is 12.7. The summed E-state index contributed by atoms with van der Waals surface area (Å²) < 4.78 is 0. The van der Waals surface area contributed by atoms with Crippen LogP contribution < -0.4 is 5.32 Å². The lowest BCUT2D eigenvalue weighted by atomic mass is 9.94. The van der Waals surface area contributed by atoms with Crippen LogP contribution in [-0.4, -0.2) is 28.2 Å². The second kappa shape index (κ2) is 9.45. The molecule has 0 atom stereocenters. The summed E-state index contributed by atoms with van der Waals surface area (Å²) in [6.07, 6.45) is 5.98. The number of amides is 2. The Morgan fingerprint density at radius 2 is 2.06 bits per heavy atom. The molecule has 1 aliphatic heterocycles. The van der Waals surface area contributed by atoms with Crippen LogP contribution in [0.2, 0.25) is 5.02 Å². The van der Waals surface area contributed by atoms with Crippen LogP contribution in [0.3, 0.4) is 0 Å². The Kier molecular flexibility index (Phi) is 6.49. The van der Waals surface area contributed by atoms with E-state index in [1.54, 1.807) is 24.3 Å². The first-order valence-electron chi connectivity index (χ1n) is 10.0. The molecule has 0 fully saturated rings. The molecule has 0 radical (unpaired) electrons. The lowest BCUT2D eigenvalue weighted by Gasteiger charge is -2.30. The first kappa shape index (κ1) is 21.3.